The zero-order valence-corrected chi connectivity index (χ0v) is 15.3. The van der Waals surface area contributed by atoms with Crippen LogP contribution in [0.15, 0.2) is 24.3 Å². The molecule has 2 fully saturated rings. The Labute approximate surface area is 151 Å². The molecule has 134 valence electrons. The first-order valence-corrected chi connectivity index (χ1v) is 9.05. The van der Waals surface area contributed by atoms with E-state index < -0.39 is 0 Å². The summed E-state index contributed by atoms with van der Waals surface area (Å²) in [5.74, 6) is 1.02. The van der Waals surface area contributed by atoms with Gasteiger partial charge in [0.2, 0.25) is 5.91 Å². The summed E-state index contributed by atoms with van der Waals surface area (Å²) in [6.07, 6.45) is 6.97. The van der Waals surface area contributed by atoms with Crippen LogP contribution in [0.5, 0.6) is 0 Å². The van der Waals surface area contributed by atoms with Gasteiger partial charge in [-0.2, -0.15) is 0 Å². The molecule has 24 heavy (non-hydrogen) atoms. The fraction of sp³-hybridized carbons (Fsp3) is 0.632. The summed E-state index contributed by atoms with van der Waals surface area (Å²) in [5, 5.41) is 0. The second-order valence-electron chi connectivity index (χ2n) is 7.11. The van der Waals surface area contributed by atoms with Crippen molar-refractivity contribution in [2.75, 3.05) is 31.9 Å². The predicted molar refractivity (Wildman–Crippen MR) is 101 cm³/mol. The Balaban J connectivity index is 0.00000208. The summed E-state index contributed by atoms with van der Waals surface area (Å²) in [5.41, 5.74) is 7.95. The minimum atomic E-state index is 0. The number of amides is 1. The topological polar surface area (TPSA) is 49.6 Å². The number of hydrogen-bond donors (Lipinski definition) is 1. The van der Waals surface area contributed by atoms with Crippen LogP contribution in [0, 0.1) is 5.92 Å². The summed E-state index contributed by atoms with van der Waals surface area (Å²) < 4.78 is 0. The molecule has 4 nitrogen and oxygen atoms in total. The van der Waals surface area contributed by atoms with Crippen molar-refractivity contribution in [2.24, 2.45) is 5.92 Å². The highest BCUT2D eigenvalue weighted by atomic mass is 35.5. The van der Waals surface area contributed by atoms with Crippen LogP contribution in [-0.2, 0) is 11.3 Å². The average Bonchev–Trinajstić information content (AvgIpc) is 2.92. The van der Waals surface area contributed by atoms with Gasteiger partial charge < -0.3 is 10.6 Å². The summed E-state index contributed by atoms with van der Waals surface area (Å²) in [6, 6.07) is 8.12. The van der Waals surface area contributed by atoms with Gasteiger partial charge in [-0.1, -0.05) is 25.0 Å². The first-order valence-electron chi connectivity index (χ1n) is 9.05. The van der Waals surface area contributed by atoms with E-state index in [-0.39, 0.29) is 12.4 Å². The number of anilines is 1. The van der Waals surface area contributed by atoms with Crippen LogP contribution in [0.2, 0.25) is 0 Å². The van der Waals surface area contributed by atoms with Crippen LogP contribution >= 0.6 is 12.4 Å². The normalized spacial score (nSPS) is 19.8. The van der Waals surface area contributed by atoms with E-state index in [2.05, 4.69) is 15.9 Å². The van der Waals surface area contributed by atoms with E-state index >= 15 is 0 Å². The Morgan fingerprint density at radius 2 is 1.88 bits per heavy atom. The lowest BCUT2D eigenvalue weighted by molar-refractivity contribution is -0.132. The number of carbonyl (C=O) groups is 1. The molecule has 1 saturated heterocycles. The molecule has 1 aliphatic carbocycles. The first kappa shape index (κ1) is 19.1. The Bertz CT molecular complexity index is 531. The van der Waals surface area contributed by atoms with Gasteiger partial charge >= 0.3 is 0 Å². The second-order valence-corrected chi connectivity index (χ2v) is 7.11. The zero-order valence-electron chi connectivity index (χ0n) is 14.5. The molecule has 0 radical (unpaired) electrons. The summed E-state index contributed by atoms with van der Waals surface area (Å²) in [6.45, 7) is 4.73. The molecule has 0 spiro atoms. The zero-order chi connectivity index (χ0) is 16.1. The third-order valence-corrected chi connectivity index (χ3v) is 5.24. The van der Waals surface area contributed by atoms with Crippen molar-refractivity contribution in [1.82, 2.24) is 9.80 Å². The fourth-order valence-electron chi connectivity index (χ4n) is 3.92. The van der Waals surface area contributed by atoms with Crippen molar-refractivity contribution in [2.45, 2.75) is 45.1 Å². The number of halogens is 1. The number of hydrogen-bond acceptors (Lipinski definition) is 3. The van der Waals surface area contributed by atoms with E-state index in [0.717, 1.165) is 51.3 Å². The summed E-state index contributed by atoms with van der Waals surface area (Å²) in [4.78, 5) is 17.0. The minimum Gasteiger partial charge on any atom is -0.399 e. The smallest absolute Gasteiger partial charge is 0.222 e. The maximum Gasteiger partial charge on any atom is 0.222 e. The van der Waals surface area contributed by atoms with Crippen LogP contribution in [-0.4, -0.2) is 41.9 Å². The molecule has 0 aromatic heterocycles. The van der Waals surface area contributed by atoms with Gasteiger partial charge in [0.1, 0.15) is 0 Å². The number of nitrogen functional groups attached to an aromatic ring is 1. The molecule has 0 unspecified atom stereocenters. The van der Waals surface area contributed by atoms with Crippen LogP contribution in [0.25, 0.3) is 0 Å². The third-order valence-electron chi connectivity index (χ3n) is 5.24. The third kappa shape index (κ3) is 5.38. The molecule has 2 aliphatic rings. The molecule has 5 heteroatoms. The van der Waals surface area contributed by atoms with Gasteiger partial charge in [0.05, 0.1) is 0 Å². The van der Waals surface area contributed by atoms with Gasteiger partial charge in [-0.15, -0.1) is 12.4 Å². The molecule has 1 aromatic rings. The van der Waals surface area contributed by atoms with Crippen molar-refractivity contribution in [1.29, 1.82) is 0 Å². The maximum absolute atomic E-state index is 12.5. The highest BCUT2D eigenvalue weighted by Crippen LogP contribution is 2.28. The van der Waals surface area contributed by atoms with Gasteiger partial charge in [0, 0.05) is 44.8 Å². The van der Waals surface area contributed by atoms with Gasteiger partial charge in [-0.25, -0.2) is 0 Å². The average molecular weight is 352 g/mol. The Morgan fingerprint density at radius 3 is 2.62 bits per heavy atom. The lowest BCUT2D eigenvalue weighted by atomic mass is 10.0. The van der Waals surface area contributed by atoms with E-state index in [0.29, 0.717) is 11.8 Å². The van der Waals surface area contributed by atoms with Gasteiger partial charge in [0.25, 0.3) is 0 Å². The number of nitrogens with two attached hydrogens (primary N) is 1. The standard InChI is InChI=1S/C19H29N3O.ClH/c20-18-8-3-7-17(13-18)15-21-9-4-10-22(12-11-21)19(23)14-16-5-1-2-6-16;/h3,7-8,13,16H,1-2,4-6,9-12,14-15,20H2;1H. The SMILES string of the molecule is Cl.Nc1cccc(CN2CCCN(C(=O)CC3CCCC3)CC2)c1. The molecular weight excluding hydrogens is 322 g/mol. The Kier molecular flexibility index (Phi) is 7.38. The van der Waals surface area contributed by atoms with Gasteiger partial charge in [0.15, 0.2) is 0 Å². The highest BCUT2D eigenvalue weighted by molar-refractivity contribution is 5.85. The lowest BCUT2D eigenvalue weighted by Gasteiger charge is -2.23. The van der Waals surface area contributed by atoms with Crippen LogP contribution in [0.3, 0.4) is 0 Å². The molecule has 1 amide bonds. The number of carbonyl (C=O) groups excluding carboxylic acids is 1. The molecular formula is C19H30ClN3O. The number of nitrogens with zero attached hydrogens (tertiary/aromatic N) is 2. The predicted octanol–water partition coefficient (Wildman–Crippen LogP) is 3.31. The van der Waals surface area contributed by atoms with Crippen molar-refractivity contribution < 1.29 is 4.79 Å². The van der Waals surface area contributed by atoms with Crippen LogP contribution in [0.4, 0.5) is 5.69 Å². The molecule has 0 atom stereocenters. The highest BCUT2D eigenvalue weighted by Gasteiger charge is 2.23. The minimum absolute atomic E-state index is 0. The van der Waals surface area contributed by atoms with E-state index in [1.165, 1.54) is 31.2 Å². The van der Waals surface area contributed by atoms with E-state index in [1.807, 2.05) is 18.2 Å². The molecule has 3 rings (SSSR count). The number of benzene rings is 1. The lowest BCUT2D eigenvalue weighted by Crippen LogP contribution is -2.35. The van der Waals surface area contributed by atoms with Gasteiger partial charge in [-0.05, 0) is 42.9 Å². The quantitative estimate of drug-likeness (QED) is 0.847. The van der Waals surface area contributed by atoms with E-state index in [9.17, 15) is 4.79 Å². The van der Waals surface area contributed by atoms with Crippen molar-refractivity contribution >= 4 is 24.0 Å². The van der Waals surface area contributed by atoms with E-state index in [1.54, 1.807) is 0 Å². The van der Waals surface area contributed by atoms with Crippen molar-refractivity contribution in [3.63, 3.8) is 0 Å². The summed E-state index contributed by atoms with van der Waals surface area (Å²) >= 11 is 0. The second kappa shape index (κ2) is 9.28. The van der Waals surface area contributed by atoms with Crippen LogP contribution in [0.1, 0.15) is 44.1 Å². The van der Waals surface area contributed by atoms with Crippen LogP contribution < -0.4 is 5.73 Å². The monoisotopic (exact) mass is 351 g/mol. The molecule has 2 N–H and O–H groups in total. The van der Waals surface area contributed by atoms with E-state index in [4.69, 9.17) is 5.73 Å². The molecule has 0 bridgehead atoms. The largest absolute Gasteiger partial charge is 0.399 e. The van der Waals surface area contributed by atoms with Crippen molar-refractivity contribution in [3.8, 4) is 0 Å². The molecule has 1 aromatic carbocycles. The van der Waals surface area contributed by atoms with Gasteiger partial charge in [-0.3, -0.25) is 9.69 Å². The molecule has 1 aliphatic heterocycles. The number of rotatable bonds is 4. The Hall–Kier alpha value is -1.26. The molecule has 1 heterocycles. The maximum atomic E-state index is 12.5. The summed E-state index contributed by atoms with van der Waals surface area (Å²) in [7, 11) is 0. The Morgan fingerprint density at radius 1 is 1.08 bits per heavy atom. The van der Waals surface area contributed by atoms with Crippen molar-refractivity contribution in [3.05, 3.63) is 29.8 Å². The first-order chi connectivity index (χ1) is 11.2. The molecule has 1 saturated carbocycles. The fourth-order valence-corrected chi connectivity index (χ4v) is 3.92.